The smallest absolute Gasteiger partial charge is 0.276 e. The van der Waals surface area contributed by atoms with Crippen molar-refractivity contribution in [3.05, 3.63) is 65.5 Å². The quantitative estimate of drug-likeness (QED) is 0.581. The largest absolute Gasteiger partial charge is 0.321 e. The summed E-state index contributed by atoms with van der Waals surface area (Å²) in [6.45, 7) is 4.00. The minimum Gasteiger partial charge on any atom is -0.321 e. The molecule has 4 aromatic rings. The number of thiazole rings is 1. The Morgan fingerprint density at radius 1 is 1.08 bits per heavy atom. The van der Waals surface area contributed by atoms with Gasteiger partial charge in [-0.15, -0.1) is 11.3 Å². The molecule has 0 atom stereocenters. The Labute approximate surface area is 155 Å². The van der Waals surface area contributed by atoms with Gasteiger partial charge in [-0.25, -0.2) is 4.98 Å². The van der Waals surface area contributed by atoms with E-state index in [9.17, 15) is 4.79 Å². The van der Waals surface area contributed by atoms with Crippen LogP contribution in [0.5, 0.6) is 0 Å². The Hall–Kier alpha value is -2.99. The molecule has 2 aromatic carbocycles. The van der Waals surface area contributed by atoms with Gasteiger partial charge in [0, 0.05) is 24.0 Å². The van der Waals surface area contributed by atoms with Crippen LogP contribution in [0, 0.1) is 13.8 Å². The first kappa shape index (κ1) is 16.5. The summed E-state index contributed by atoms with van der Waals surface area (Å²) in [5.41, 5.74) is 5.37. The molecular formula is C20H18N4OS. The Morgan fingerprint density at radius 3 is 2.54 bits per heavy atom. The zero-order valence-corrected chi connectivity index (χ0v) is 15.6. The van der Waals surface area contributed by atoms with Gasteiger partial charge in [-0.05, 0) is 61.9 Å². The first-order valence-corrected chi connectivity index (χ1v) is 9.11. The minimum atomic E-state index is -0.211. The topological polar surface area (TPSA) is 59.8 Å². The van der Waals surface area contributed by atoms with Gasteiger partial charge in [0.05, 0.1) is 10.2 Å². The number of aromatic nitrogens is 3. The van der Waals surface area contributed by atoms with Crippen LogP contribution >= 0.6 is 11.3 Å². The molecule has 2 heterocycles. The molecule has 0 saturated heterocycles. The molecule has 4 rings (SSSR count). The lowest BCUT2D eigenvalue weighted by atomic mass is 10.2. The molecule has 0 radical (unpaired) electrons. The van der Waals surface area contributed by atoms with Gasteiger partial charge in [0.2, 0.25) is 0 Å². The van der Waals surface area contributed by atoms with E-state index >= 15 is 0 Å². The molecule has 1 N–H and O–H groups in total. The van der Waals surface area contributed by atoms with E-state index < -0.39 is 0 Å². The highest BCUT2D eigenvalue weighted by Crippen LogP contribution is 2.31. The van der Waals surface area contributed by atoms with Gasteiger partial charge in [-0.1, -0.05) is 6.07 Å². The summed E-state index contributed by atoms with van der Waals surface area (Å²) in [4.78, 5) is 17.0. The fourth-order valence-corrected chi connectivity index (χ4v) is 3.79. The van der Waals surface area contributed by atoms with Crippen molar-refractivity contribution in [2.45, 2.75) is 13.8 Å². The lowest BCUT2D eigenvalue weighted by Gasteiger charge is -2.04. The fraction of sp³-hybridized carbons (Fsp3) is 0.150. The Balaban J connectivity index is 1.55. The second kappa shape index (κ2) is 6.38. The third-order valence-corrected chi connectivity index (χ3v) is 5.35. The second-order valence-corrected chi connectivity index (χ2v) is 7.35. The van der Waals surface area contributed by atoms with E-state index in [2.05, 4.69) is 29.5 Å². The summed E-state index contributed by atoms with van der Waals surface area (Å²) in [5, 5.41) is 8.05. The predicted octanol–water partition coefficient (Wildman–Crippen LogP) is 4.57. The first-order chi connectivity index (χ1) is 12.5. The molecule has 2 aromatic heterocycles. The van der Waals surface area contributed by atoms with Crippen LogP contribution in [0.2, 0.25) is 0 Å². The summed E-state index contributed by atoms with van der Waals surface area (Å²) in [7, 11) is 1.82. The molecule has 0 bridgehead atoms. The molecule has 130 valence electrons. The van der Waals surface area contributed by atoms with Crippen LogP contribution in [-0.2, 0) is 7.05 Å². The van der Waals surface area contributed by atoms with Crippen molar-refractivity contribution in [1.29, 1.82) is 0 Å². The number of nitrogens with one attached hydrogen (secondary N) is 1. The van der Waals surface area contributed by atoms with E-state index in [0.717, 1.165) is 27.5 Å². The lowest BCUT2D eigenvalue weighted by Crippen LogP contribution is -2.12. The lowest BCUT2D eigenvalue weighted by molar-refractivity contribution is 0.102. The molecule has 0 aliphatic carbocycles. The van der Waals surface area contributed by atoms with Crippen LogP contribution < -0.4 is 5.32 Å². The number of rotatable bonds is 3. The molecular weight excluding hydrogens is 344 g/mol. The normalized spacial score (nSPS) is 11.0. The summed E-state index contributed by atoms with van der Waals surface area (Å²) in [5.74, 6) is -0.211. The Kier molecular flexibility index (Phi) is 4.05. The number of carbonyl (C=O) groups excluding carboxylic acids is 1. The van der Waals surface area contributed by atoms with Gasteiger partial charge in [0.1, 0.15) is 5.01 Å². The number of carbonyl (C=O) groups is 1. The van der Waals surface area contributed by atoms with E-state index in [0.29, 0.717) is 5.69 Å². The molecule has 0 spiro atoms. The fourth-order valence-electron chi connectivity index (χ4n) is 2.72. The number of aryl methyl sites for hydroxylation is 3. The monoisotopic (exact) mass is 362 g/mol. The highest BCUT2D eigenvalue weighted by atomic mass is 32.1. The third-order valence-electron chi connectivity index (χ3n) is 4.28. The van der Waals surface area contributed by atoms with E-state index in [1.165, 1.54) is 10.3 Å². The summed E-state index contributed by atoms with van der Waals surface area (Å²) in [6, 6.07) is 15.8. The maximum Gasteiger partial charge on any atom is 0.276 e. The number of amides is 1. The molecule has 5 nitrogen and oxygen atoms in total. The Morgan fingerprint density at radius 2 is 1.85 bits per heavy atom. The molecule has 6 heteroatoms. The molecule has 0 aliphatic rings. The van der Waals surface area contributed by atoms with E-state index in [4.69, 9.17) is 4.98 Å². The highest BCUT2D eigenvalue weighted by molar-refractivity contribution is 7.21. The number of anilines is 1. The van der Waals surface area contributed by atoms with E-state index in [-0.39, 0.29) is 5.91 Å². The van der Waals surface area contributed by atoms with Crippen molar-refractivity contribution in [2.24, 2.45) is 7.05 Å². The molecule has 0 aliphatic heterocycles. The Bertz CT molecular complexity index is 1090. The maximum absolute atomic E-state index is 12.3. The van der Waals surface area contributed by atoms with Crippen LogP contribution in [-0.4, -0.2) is 20.7 Å². The first-order valence-electron chi connectivity index (χ1n) is 8.29. The number of hydrogen-bond donors (Lipinski definition) is 1. The average Bonchev–Trinajstić information content (AvgIpc) is 3.19. The van der Waals surface area contributed by atoms with Crippen molar-refractivity contribution in [2.75, 3.05) is 5.32 Å². The summed E-state index contributed by atoms with van der Waals surface area (Å²) < 4.78 is 2.87. The second-order valence-electron chi connectivity index (χ2n) is 6.32. The zero-order chi connectivity index (χ0) is 18.3. The van der Waals surface area contributed by atoms with Crippen LogP contribution in [0.1, 0.15) is 21.7 Å². The molecule has 1 amide bonds. The minimum absolute atomic E-state index is 0.211. The van der Waals surface area contributed by atoms with E-state index in [1.54, 1.807) is 22.1 Å². The van der Waals surface area contributed by atoms with Crippen LogP contribution in [0.15, 0.2) is 48.5 Å². The molecule has 0 unspecified atom stereocenters. The highest BCUT2D eigenvalue weighted by Gasteiger charge is 2.12. The predicted molar refractivity (Wildman–Crippen MR) is 106 cm³/mol. The number of hydrogen-bond acceptors (Lipinski definition) is 4. The van der Waals surface area contributed by atoms with Gasteiger partial charge >= 0.3 is 0 Å². The van der Waals surface area contributed by atoms with Crippen molar-refractivity contribution < 1.29 is 4.79 Å². The van der Waals surface area contributed by atoms with Gasteiger partial charge in [-0.3, -0.25) is 9.48 Å². The molecule has 26 heavy (non-hydrogen) atoms. The molecule has 0 fully saturated rings. The van der Waals surface area contributed by atoms with Crippen molar-refractivity contribution in [3.8, 4) is 10.6 Å². The number of fused-ring (bicyclic) bond motifs is 1. The summed E-state index contributed by atoms with van der Waals surface area (Å²) >= 11 is 1.67. The molecule has 0 saturated carbocycles. The van der Waals surface area contributed by atoms with Gasteiger partial charge in [0.15, 0.2) is 5.69 Å². The van der Waals surface area contributed by atoms with Crippen molar-refractivity contribution in [3.63, 3.8) is 0 Å². The van der Waals surface area contributed by atoms with Gasteiger partial charge in [0.25, 0.3) is 5.91 Å². The van der Waals surface area contributed by atoms with Crippen LogP contribution in [0.3, 0.4) is 0 Å². The SMILES string of the molecule is Cc1ccc2nc(-c3ccc(NC(=O)c4cc(C)n(C)n4)cc3)sc2c1. The average molecular weight is 362 g/mol. The van der Waals surface area contributed by atoms with Gasteiger partial charge < -0.3 is 5.32 Å². The van der Waals surface area contributed by atoms with Crippen LogP contribution in [0.25, 0.3) is 20.8 Å². The maximum atomic E-state index is 12.3. The number of nitrogens with zero attached hydrogens (tertiary/aromatic N) is 3. The van der Waals surface area contributed by atoms with Crippen molar-refractivity contribution in [1.82, 2.24) is 14.8 Å². The number of benzene rings is 2. The van der Waals surface area contributed by atoms with Gasteiger partial charge in [-0.2, -0.15) is 5.10 Å². The zero-order valence-electron chi connectivity index (χ0n) is 14.8. The standard InChI is InChI=1S/C20H18N4OS/c1-12-4-9-16-18(10-12)26-20(22-16)14-5-7-15(8-6-14)21-19(25)17-11-13(2)24(3)23-17/h4-11H,1-3H3,(H,21,25). The summed E-state index contributed by atoms with van der Waals surface area (Å²) in [6.07, 6.45) is 0. The van der Waals surface area contributed by atoms with Crippen LogP contribution in [0.4, 0.5) is 5.69 Å². The van der Waals surface area contributed by atoms with Crippen molar-refractivity contribution >= 4 is 33.1 Å². The third kappa shape index (κ3) is 3.11. The van der Waals surface area contributed by atoms with E-state index in [1.807, 2.05) is 44.3 Å².